The summed E-state index contributed by atoms with van der Waals surface area (Å²) in [6.07, 6.45) is 2.47. The normalized spacial score (nSPS) is 10.5. The summed E-state index contributed by atoms with van der Waals surface area (Å²) in [5, 5.41) is 0.839. The molecular formula is C23H23BrN2O3S. The maximum atomic E-state index is 13.1. The van der Waals surface area contributed by atoms with E-state index in [1.165, 1.54) is 11.8 Å². The molecule has 0 N–H and O–H groups in total. The molecule has 30 heavy (non-hydrogen) atoms. The zero-order valence-electron chi connectivity index (χ0n) is 17.1. The van der Waals surface area contributed by atoms with Gasteiger partial charge in [0.2, 0.25) is 0 Å². The molecule has 1 amide bonds. The van der Waals surface area contributed by atoms with Crippen LogP contribution in [0.25, 0.3) is 0 Å². The molecule has 0 radical (unpaired) electrons. The van der Waals surface area contributed by atoms with Gasteiger partial charge in [0.1, 0.15) is 5.03 Å². The molecule has 0 saturated heterocycles. The molecular weight excluding hydrogens is 464 g/mol. The summed E-state index contributed by atoms with van der Waals surface area (Å²) < 4.78 is 11.6. The number of ether oxygens (including phenoxy) is 2. The van der Waals surface area contributed by atoms with E-state index in [0.717, 1.165) is 20.0 Å². The van der Waals surface area contributed by atoms with E-state index in [2.05, 4.69) is 20.9 Å². The van der Waals surface area contributed by atoms with E-state index in [9.17, 15) is 4.79 Å². The summed E-state index contributed by atoms with van der Waals surface area (Å²) >= 11 is 4.88. The molecule has 7 heteroatoms. The second-order valence-corrected chi connectivity index (χ2v) is 8.56. The van der Waals surface area contributed by atoms with Crippen LogP contribution in [-0.2, 0) is 6.42 Å². The predicted molar refractivity (Wildman–Crippen MR) is 123 cm³/mol. The number of methoxy groups -OCH3 is 2. The Kier molecular flexibility index (Phi) is 7.76. The van der Waals surface area contributed by atoms with Gasteiger partial charge in [-0.05, 0) is 64.3 Å². The highest BCUT2D eigenvalue weighted by Gasteiger charge is 2.17. The molecule has 0 aliphatic rings. The molecule has 0 atom stereocenters. The lowest BCUT2D eigenvalue weighted by Gasteiger charge is -2.19. The quantitative estimate of drug-likeness (QED) is 0.430. The van der Waals surface area contributed by atoms with Crippen LogP contribution < -0.4 is 9.47 Å². The van der Waals surface area contributed by atoms with E-state index in [1.807, 2.05) is 61.6 Å². The van der Waals surface area contributed by atoms with Gasteiger partial charge < -0.3 is 14.4 Å². The smallest absolute Gasteiger partial charge is 0.254 e. The highest BCUT2D eigenvalue weighted by molar-refractivity contribution is 9.10. The van der Waals surface area contributed by atoms with Gasteiger partial charge in [-0.3, -0.25) is 4.79 Å². The van der Waals surface area contributed by atoms with Gasteiger partial charge in [0.15, 0.2) is 11.5 Å². The van der Waals surface area contributed by atoms with Crippen LogP contribution in [0.3, 0.4) is 0 Å². The fraction of sp³-hybridized carbons (Fsp3) is 0.217. The largest absolute Gasteiger partial charge is 0.493 e. The molecule has 0 aliphatic heterocycles. The van der Waals surface area contributed by atoms with E-state index in [0.29, 0.717) is 30.0 Å². The number of halogens is 1. The number of amides is 1. The minimum atomic E-state index is -0.0179. The number of aromatic nitrogens is 1. The Morgan fingerprint density at radius 3 is 2.53 bits per heavy atom. The Bertz CT molecular complexity index is 1010. The molecule has 0 spiro atoms. The summed E-state index contributed by atoms with van der Waals surface area (Å²) in [7, 11) is 5.05. The standard InChI is InChI=1S/C23H23BrN2O3S/c1-26(13-12-16-8-10-19(28-2)20(14-16)29-3)23(27)18-6-4-5-7-21(18)30-22-11-9-17(24)15-25-22/h4-11,14-15H,12-13H2,1-3H3. The summed E-state index contributed by atoms with van der Waals surface area (Å²) in [6.45, 7) is 0.587. The number of hydrogen-bond donors (Lipinski definition) is 0. The summed E-state index contributed by atoms with van der Waals surface area (Å²) in [5.74, 6) is 1.36. The van der Waals surface area contributed by atoms with E-state index >= 15 is 0 Å². The lowest BCUT2D eigenvalue weighted by Crippen LogP contribution is -2.29. The second kappa shape index (κ2) is 10.5. The number of rotatable bonds is 8. The van der Waals surface area contributed by atoms with Crippen molar-refractivity contribution in [2.24, 2.45) is 0 Å². The molecule has 1 aromatic heterocycles. The maximum absolute atomic E-state index is 13.1. The van der Waals surface area contributed by atoms with Crippen molar-refractivity contribution in [3.05, 3.63) is 76.4 Å². The fourth-order valence-corrected chi connectivity index (χ4v) is 4.02. The topological polar surface area (TPSA) is 51.7 Å². The van der Waals surface area contributed by atoms with Crippen molar-refractivity contribution in [2.75, 3.05) is 27.8 Å². The number of hydrogen-bond acceptors (Lipinski definition) is 5. The first-order valence-corrected chi connectivity index (χ1v) is 11.0. The van der Waals surface area contributed by atoms with Gasteiger partial charge in [-0.2, -0.15) is 0 Å². The van der Waals surface area contributed by atoms with Crippen molar-refractivity contribution in [1.82, 2.24) is 9.88 Å². The van der Waals surface area contributed by atoms with Crippen molar-refractivity contribution in [3.8, 4) is 11.5 Å². The van der Waals surface area contributed by atoms with Crippen LogP contribution in [0.1, 0.15) is 15.9 Å². The first kappa shape index (κ1) is 22.2. The van der Waals surface area contributed by atoms with E-state index < -0.39 is 0 Å². The van der Waals surface area contributed by atoms with Crippen LogP contribution in [0.4, 0.5) is 0 Å². The Morgan fingerprint density at radius 1 is 1.07 bits per heavy atom. The summed E-state index contributed by atoms with van der Waals surface area (Å²) in [4.78, 5) is 20.1. The molecule has 156 valence electrons. The third-order valence-corrected chi connectivity index (χ3v) is 6.06. The SMILES string of the molecule is COc1ccc(CCN(C)C(=O)c2ccccc2Sc2ccc(Br)cn2)cc1OC. The van der Waals surface area contributed by atoms with Gasteiger partial charge in [0, 0.05) is 29.2 Å². The lowest BCUT2D eigenvalue weighted by molar-refractivity contribution is 0.0793. The fourth-order valence-electron chi connectivity index (χ4n) is 2.91. The molecule has 5 nitrogen and oxygen atoms in total. The Morgan fingerprint density at radius 2 is 1.83 bits per heavy atom. The average Bonchev–Trinajstić information content (AvgIpc) is 2.78. The number of carbonyl (C=O) groups is 1. The Labute approximate surface area is 189 Å². The number of pyridine rings is 1. The van der Waals surface area contributed by atoms with Crippen molar-refractivity contribution in [2.45, 2.75) is 16.3 Å². The minimum absolute atomic E-state index is 0.0179. The van der Waals surface area contributed by atoms with Gasteiger partial charge in [0.25, 0.3) is 5.91 Å². The Hall–Kier alpha value is -2.51. The maximum Gasteiger partial charge on any atom is 0.254 e. The van der Waals surface area contributed by atoms with Crippen molar-refractivity contribution >= 4 is 33.6 Å². The van der Waals surface area contributed by atoms with E-state index in [4.69, 9.17) is 9.47 Å². The number of benzene rings is 2. The zero-order valence-corrected chi connectivity index (χ0v) is 19.5. The molecule has 2 aromatic carbocycles. The molecule has 3 aromatic rings. The molecule has 0 aliphatic carbocycles. The molecule has 0 bridgehead atoms. The monoisotopic (exact) mass is 486 g/mol. The highest BCUT2D eigenvalue weighted by atomic mass is 79.9. The van der Waals surface area contributed by atoms with Gasteiger partial charge in [-0.15, -0.1) is 0 Å². The van der Waals surface area contributed by atoms with Gasteiger partial charge >= 0.3 is 0 Å². The second-order valence-electron chi connectivity index (χ2n) is 6.58. The lowest BCUT2D eigenvalue weighted by atomic mass is 10.1. The zero-order chi connectivity index (χ0) is 21.5. The van der Waals surface area contributed by atoms with Gasteiger partial charge in [-0.25, -0.2) is 4.98 Å². The number of nitrogens with zero attached hydrogens (tertiary/aromatic N) is 2. The third-order valence-electron chi connectivity index (χ3n) is 4.56. The van der Waals surface area contributed by atoms with Gasteiger partial charge in [-0.1, -0.05) is 30.0 Å². The molecule has 3 rings (SSSR count). The van der Waals surface area contributed by atoms with E-state index in [1.54, 1.807) is 25.3 Å². The van der Waals surface area contributed by atoms with Crippen LogP contribution in [0, 0.1) is 0 Å². The first-order chi connectivity index (χ1) is 14.5. The summed E-state index contributed by atoms with van der Waals surface area (Å²) in [6, 6.07) is 17.3. The summed E-state index contributed by atoms with van der Waals surface area (Å²) in [5.41, 5.74) is 1.75. The van der Waals surface area contributed by atoms with Crippen LogP contribution in [0.15, 0.2) is 75.2 Å². The molecule has 0 unspecified atom stereocenters. The van der Waals surface area contributed by atoms with Crippen molar-refractivity contribution < 1.29 is 14.3 Å². The highest BCUT2D eigenvalue weighted by Crippen LogP contribution is 2.31. The van der Waals surface area contributed by atoms with Crippen LogP contribution in [0.5, 0.6) is 11.5 Å². The number of carbonyl (C=O) groups excluding carboxylic acids is 1. The molecule has 1 heterocycles. The first-order valence-electron chi connectivity index (χ1n) is 9.36. The number of likely N-dealkylation sites (N-methyl/N-ethyl adjacent to an activating group) is 1. The predicted octanol–water partition coefficient (Wildman–Crippen LogP) is 5.33. The van der Waals surface area contributed by atoms with Crippen LogP contribution >= 0.6 is 27.7 Å². The minimum Gasteiger partial charge on any atom is -0.493 e. The van der Waals surface area contributed by atoms with Crippen LogP contribution in [0.2, 0.25) is 0 Å². The molecule has 0 saturated carbocycles. The van der Waals surface area contributed by atoms with Gasteiger partial charge in [0.05, 0.1) is 19.8 Å². The van der Waals surface area contributed by atoms with Crippen molar-refractivity contribution in [1.29, 1.82) is 0 Å². The van der Waals surface area contributed by atoms with Crippen molar-refractivity contribution in [3.63, 3.8) is 0 Å². The van der Waals surface area contributed by atoms with E-state index in [-0.39, 0.29) is 5.91 Å². The van der Waals surface area contributed by atoms with Crippen LogP contribution in [-0.4, -0.2) is 43.6 Å². The molecule has 0 fully saturated rings. The third kappa shape index (κ3) is 5.55. The average molecular weight is 487 g/mol. The Balaban J connectivity index is 1.69.